The molecule has 2 heterocycles. The van der Waals surface area contributed by atoms with Crippen LogP contribution in [0.4, 0.5) is 0 Å². The average Bonchev–Trinajstić information content (AvgIpc) is 3.16. The van der Waals surface area contributed by atoms with Gasteiger partial charge in [-0.1, -0.05) is 143 Å². The molecule has 0 aliphatic carbocycles. The smallest absolute Gasteiger partial charge is 0.434 e. The summed E-state index contributed by atoms with van der Waals surface area (Å²) in [4.78, 5) is 13.9. The fourth-order valence-corrected chi connectivity index (χ4v) is 11.2. The maximum atomic E-state index is 13.9. The number of hydrogen-bond acceptors (Lipinski definition) is 10. The third kappa shape index (κ3) is 7.41. The summed E-state index contributed by atoms with van der Waals surface area (Å²) >= 11 is 6.21. The number of allylic oxidation sites excluding steroid dienone is 1. The van der Waals surface area contributed by atoms with Crippen molar-refractivity contribution in [3.63, 3.8) is 0 Å². The number of aryl methyl sites for hydroxylation is 1. The largest absolute Gasteiger partial charge is 0.856 e. The van der Waals surface area contributed by atoms with Crippen LogP contribution >= 0.6 is 46.5 Å². The third-order valence-corrected chi connectivity index (χ3v) is 13.9. The van der Waals surface area contributed by atoms with Gasteiger partial charge in [0.1, 0.15) is 5.69 Å². The van der Waals surface area contributed by atoms with Crippen molar-refractivity contribution in [2.45, 2.75) is 25.5 Å². The van der Waals surface area contributed by atoms with Crippen molar-refractivity contribution < 1.29 is 9.43 Å². The van der Waals surface area contributed by atoms with Crippen molar-refractivity contribution in [1.29, 1.82) is 0 Å². The van der Waals surface area contributed by atoms with Crippen LogP contribution in [0.2, 0.25) is 0 Å². The molecule has 0 fully saturated rings. The van der Waals surface area contributed by atoms with Gasteiger partial charge in [-0.2, -0.15) is 10.4 Å². The van der Waals surface area contributed by atoms with E-state index < -0.39 is 12.6 Å². The lowest BCUT2D eigenvalue weighted by atomic mass is 10.2. The van der Waals surface area contributed by atoms with Crippen molar-refractivity contribution in [2.75, 3.05) is 12.5 Å². The fourth-order valence-electron chi connectivity index (χ4n) is 5.63. The molecule has 2 N–H and O–H groups in total. The van der Waals surface area contributed by atoms with E-state index in [-0.39, 0.29) is 22.7 Å². The summed E-state index contributed by atoms with van der Waals surface area (Å²) < 4.78 is 4.35. The molecule has 4 aromatic carbocycles. The van der Waals surface area contributed by atoms with E-state index in [0.717, 1.165) is 25.9 Å². The summed E-state index contributed by atoms with van der Waals surface area (Å²) in [5.41, 5.74) is 7.22. The molecule has 0 bridgehead atoms. The average molecular weight is 801 g/mol. The van der Waals surface area contributed by atoms with Crippen molar-refractivity contribution >= 4 is 73.5 Å². The molecule has 0 spiro atoms. The van der Waals surface area contributed by atoms with Gasteiger partial charge in [0.05, 0.1) is 13.6 Å². The first-order valence-corrected chi connectivity index (χ1v) is 20.8. The van der Waals surface area contributed by atoms with Gasteiger partial charge in [-0.15, -0.1) is 20.0 Å². The summed E-state index contributed by atoms with van der Waals surface area (Å²) in [5.74, 6) is -0.136. The molecule has 1 aliphatic heterocycles. The highest BCUT2D eigenvalue weighted by molar-refractivity contribution is 9.10. The van der Waals surface area contributed by atoms with Crippen molar-refractivity contribution in [2.24, 2.45) is 10.2 Å². The Hall–Kier alpha value is -4.62. The number of hydrazine groups is 1. The molecule has 0 saturated heterocycles. The van der Waals surface area contributed by atoms with Gasteiger partial charge in [0, 0.05) is 37.1 Å². The van der Waals surface area contributed by atoms with Crippen LogP contribution in [0.3, 0.4) is 0 Å². The molecule has 11 nitrogen and oxygen atoms in total. The number of amidine groups is 1. The van der Waals surface area contributed by atoms with E-state index in [1.807, 2.05) is 85.3 Å². The lowest BCUT2D eigenvalue weighted by molar-refractivity contribution is -0.412. The summed E-state index contributed by atoms with van der Waals surface area (Å²) in [6.07, 6.45) is 3.64. The molecule has 0 amide bonds. The predicted molar refractivity (Wildman–Crippen MR) is 211 cm³/mol. The first-order valence-electron chi connectivity index (χ1n) is 15.8. The first kappa shape index (κ1) is 36.2. The summed E-state index contributed by atoms with van der Waals surface area (Å²) in [6.45, 7) is 3.58. The van der Waals surface area contributed by atoms with E-state index in [9.17, 15) is 9.90 Å². The summed E-state index contributed by atoms with van der Waals surface area (Å²) in [5, 5.41) is 37.0. The normalized spacial score (nSPS) is 13.5. The second kappa shape index (κ2) is 16.2. The minimum atomic E-state index is -2.96. The van der Waals surface area contributed by atoms with Crippen molar-refractivity contribution in [3.05, 3.63) is 153 Å². The minimum Gasteiger partial charge on any atom is -0.856 e. The monoisotopic (exact) mass is 799 g/mol. The number of aromatic nitrogens is 3. The second-order valence-corrected chi connectivity index (χ2v) is 17.0. The van der Waals surface area contributed by atoms with Crippen LogP contribution < -0.4 is 37.4 Å². The van der Waals surface area contributed by atoms with Crippen molar-refractivity contribution in [1.82, 2.24) is 30.7 Å². The lowest BCUT2D eigenvalue weighted by Gasteiger charge is -2.35. The number of halogens is 1. The highest BCUT2D eigenvalue weighted by Gasteiger charge is 2.38. The topological polar surface area (TPSA) is 126 Å². The van der Waals surface area contributed by atoms with Gasteiger partial charge in [0.25, 0.3) is 0 Å². The van der Waals surface area contributed by atoms with Crippen molar-refractivity contribution in [3.8, 4) is 0 Å². The zero-order valence-corrected chi connectivity index (χ0v) is 32.4. The Balaban J connectivity index is 1.86. The molecule has 15 heteroatoms. The molecule has 260 valence electrons. The van der Waals surface area contributed by atoms with E-state index in [4.69, 9.17) is 5.10 Å². The molecule has 6 rings (SSSR count). The molecular weight excluding hydrogens is 765 g/mol. The number of hydrazone groups is 1. The first-order chi connectivity index (χ1) is 24.8. The van der Waals surface area contributed by atoms with E-state index in [1.54, 1.807) is 13.8 Å². The van der Waals surface area contributed by atoms with Crippen LogP contribution in [0.5, 0.6) is 0 Å². The molecule has 51 heavy (non-hydrogen) atoms. The Bertz CT molecular complexity index is 2150. The van der Waals surface area contributed by atoms with E-state index in [0.29, 0.717) is 17.4 Å². The SMILES string of the molecule is CSC1=NNC(C)=C([O-])N1N/C(=N\n1c(SC)nnc(C)c1=O)[N+](Cc1cccc(Br)c1)=P(c1ccccc1)(c1ccccc1)c1ccccc1. The Morgan fingerprint density at radius 2 is 1.47 bits per heavy atom. The molecule has 5 aromatic rings. The van der Waals surface area contributed by atoms with Crippen LogP contribution in [0.15, 0.2) is 151 Å². The Morgan fingerprint density at radius 1 is 0.882 bits per heavy atom. The third-order valence-electron chi connectivity index (χ3n) is 7.99. The zero-order chi connectivity index (χ0) is 36.0. The summed E-state index contributed by atoms with van der Waals surface area (Å²) in [7, 11) is -2.96. The Kier molecular flexibility index (Phi) is 11.5. The van der Waals surface area contributed by atoms with Crippen LogP contribution in [-0.4, -0.2) is 47.8 Å². The molecule has 1 aliphatic rings. The number of nitrogens with zero attached hydrogens (tertiary/aromatic N) is 7. The van der Waals surface area contributed by atoms with Gasteiger partial charge in [-0.05, 0) is 44.1 Å². The van der Waals surface area contributed by atoms with Crippen LogP contribution in [0.1, 0.15) is 18.2 Å². The maximum Gasteiger partial charge on any atom is 0.434 e. The quantitative estimate of drug-likeness (QED) is 0.101. The summed E-state index contributed by atoms with van der Waals surface area (Å²) in [6, 6.07) is 39.0. The maximum absolute atomic E-state index is 13.9. The van der Waals surface area contributed by atoms with E-state index >= 15 is 0 Å². The molecule has 0 saturated carbocycles. The van der Waals surface area contributed by atoms with Gasteiger partial charge in [-0.3, -0.25) is 10.2 Å². The van der Waals surface area contributed by atoms with Gasteiger partial charge >= 0.3 is 11.5 Å². The molecule has 0 unspecified atom stereocenters. The highest BCUT2D eigenvalue weighted by atomic mass is 79.9. The Labute approximate surface area is 313 Å². The second-order valence-electron chi connectivity index (χ2n) is 11.2. The van der Waals surface area contributed by atoms with Crippen LogP contribution in [0.25, 0.3) is 0 Å². The number of thioether (sulfide) groups is 2. The lowest BCUT2D eigenvalue weighted by Crippen LogP contribution is -2.54. The molecule has 0 atom stereocenters. The number of rotatable bonds is 8. The van der Waals surface area contributed by atoms with Crippen LogP contribution in [-0.2, 0) is 6.54 Å². The zero-order valence-electron chi connectivity index (χ0n) is 28.3. The van der Waals surface area contributed by atoms with Gasteiger partial charge in [0.15, 0.2) is 0 Å². The predicted octanol–water partition coefficient (Wildman–Crippen LogP) is 4.53. The number of nitrogens with one attached hydrogen (secondary N) is 2. The standard InChI is InChI=1S/C36H35BrN9O2PS2/c1-25-32(47)45(35(50-3)40-38-25)42-34(43-46-33(48)26(2)39-41-36(46)51-4)44(24-27-15-14-16-28(37)23-27)49(29-17-8-5-9-18-29,30-19-10-6-11-20-30)31-21-12-7-13-22-31/h5-23H,24H2,1-4H3,(H2-,38,39,42,43,47,48). The number of hydrogen-bond donors (Lipinski definition) is 2. The van der Waals surface area contributed by atoms with Crippen LogP contribution in [0, 0.1) is 6.92 Å². The minimum absolute atomic E-state index is 0.179. The van der Waals surface area contributed by atoms with Gasteiger partial charge in [0.2, 0.25) is 10.3 Å². The van der Waals surface area contributed by atoms with Gasteiger partial charge < -0.3 is 5.11 Å². The van der Waals surface area contributed by atoms with Gasteiger partial charge in [-0.25, -0.2) is 4.33 Å². The Morgan fingerprint density at radius 3 is 2.00 bits per heavy atom. The number of benzene rings is 4. The highest BCUT2D eigenvalue weighted by Crippen LogP contribution is 2.46. The van der Waals surface area contributed by atoms with E-state index in [2.05, 4.69) is 88.9 Å². The molecule has 1 aromatic heterocycles. The molecular formula is C36H35BrN9O2PS2. The van der Waals surface area contributed by atoms with E-state index in [1.165, 1.54) is 33.2 Å². The molecule has 0 radical (unpaired) electrons. The fraction of sp³-hybridized carbons (Fsp3) is 0.139. The number of guanidine groups is 1.